The molecule has 4 rings (SSSR count). The number of aromatic nitrogens is 2. The average Bonchev–Trinajstić information content (AvgIpc) is 2.55. The Kier molecular flexibility index (Phi) is 3.16. The van der Waals surface area contributed by atoms with Gasteiger partial charge in [-0.25, -0.2) is 9.97 Å². The second kappa shape index (κ2) is 5.21. The molecule has 5 nitrogen and oxygen atoms in total. The van der Waals surface area contributed by atoms with Crippen LogP contribution in [0.1, 0.15) is 27.7 Å². The summed E-state index contributed by atoms with van der Waals surface area (Å²) in [5, 5.41) is 7.43. The summed E-state index contributed by atoms with van der Waals surface area (Å²) in [6, 6.07) is 11.3. The number of halogens is 1. The number of hydrogen-bond acceptors (Lipinski definition) is 4. The predicted molar refractivity (Wildman–Crippen MR) is 89.6 cm³/mol. The maximum atomic E-state index is 12.2. The number of rotatable bonds is 1. The van der Waals surface area contributed by atoms with E-state index in [9.17, 15) is 4.79 Å². The SMILES string of the molecule is Cc1cccc2cc([C@H]3NC(=O)c4cccnc4N3)c(Cl)nc12. The Labute approximate surface area is 137 Å². The van der Waals surface area contributed by atoms with Crippen LogP contribution in [0.2, 0.25) is 5.15 Å². The standard InChI is InChI=1S/C17H13ClN4O/c1-9-4-2-5-10-8-12(14(18)20-13(9)10)16-21-15-11(17(23)22-16)6-3-7-19-15/h2-8,16H,1H3,(H,19,21)(H,22,23)/t16-/m1/s1. The summed E-state index contributed by atoms with van der Waals surface area (Å²) < 4.78 is 0. The highest BCUT2D eigenvalue weighted by Crippen LogP contribution is 2.30. The van der Waals surface area contributed by atoms with E-state index in [0.29, 0.717) is 16.5 Å². The van der Waals surface area contributed by atoms with E-state index in [1.807, 2.05) is 31.2 Å². The molecule has 2 aromatic heterocycles. The van der Waals surface area contributed by atoms with Crippen molar-refractivity contribution in [2.75, 3.05) is 5.32 Å². The van der Waals surface area contributed by atoms with Gasteiger partial charge in [0, 0.05) is 17.1 Å². The highest BCUT2D eigenvalue weighted by atomic mass is 35.5. The Morgan fingerprint density at radius 3 is 2.91 bits per heavy atom. The smallest absolute Gasteiger partial charge is 0.256 e. The monoisotopic (exact) mass is 324 g/mol. The first-order valence-electron chi connectivity index (χ1n) is 7.21. The molecule has 0 fully saturated rings. The predicted octanol–water partition coefficient (Wildman–Crippen LogP) is 3.45. The van der Waals surface area contributed by atoms with E-state index in [4.69, 9.17) is 11.6 Å². The minimum Gasteiger partial charge on any atom is -0.346 e. The first-order valence-corrected chi connectivity index (χ1v) is 7.59. The fourth-order valence-corrected chi connectivity index (χ4v) is 3.03. The fourth-order valence-electron chi connectivity index (χ4n) is 2.78. The van der Waals surface area contributed by atoms with Gasteiger partial charge in [0.15, 0.2) is 0 Å². The summed E-state index contributed by atoms with van der Waals surface area (Å²) in [6.07, 6.45) is 1.18. The number of carbonyl (C=O) groups is 1. The lowest BCUT2D eigenvalue weighted by molar-refractivity contribution is 0.0935. The molecule has 0 unspecified atom stereocenters. The van der Waals surface area contributed by atoms with E-state index < -0.39 is 6.17 Å². The Bertz CT molecular complexity index is 941. The van der Waals surface area contributed by atoms with Crippen molar-refractivity contribution in [1.29, 1.82) is 0 Å². The van der Waals surface area contributed by atoms with E-state index in [1.165, 1.54) is 0 Å². The van der Waals surface area contributed by atoms with E-state index in [2.05, 4.69) is 20.6 Å². The Hall–Kier alpha value is -2.66. The Morgan fingerprint density at radius 1 is 1.17 bits per heavy atom. The minimum absolute atomic E-state index is 0.183. The van der Waals surface area contributed by atoms with Crippen LogP contribution in [-0.4, -0.2) is 15.9 Å². The Morgan fingerprint density at radius 2 is 2.04 bits per heavy atom. The number of para-hydroxylation sites is 1. The van der Waals surface area contributed by atoms with Gasteiger partial charge >= 0.3 is 0 Å². The number of aryl methyl sites for hydroxylation is 1. The summed E-state index contributed by atoms with van der Waals surface area (Å²) in [7, 11) is 0. The first-order chi connectivity index (χ1) is 11.1. The van der Waals surface area contributed by atoms with Crippen LogP contribution in [0.25, 0.3) is 10.9 Å². The molecule has 0 saturated carbocycles. The summed E-state index contributed by atoms with van der Waals surface area (Å²) in [5.41, 5.74) is 3.16. The van der Waals surface area contributed by atoms with Crippen molar-refractivity contribution in [3.63, 3.8) is 0 Å². The van der Waals surface area contributed by atoms with Crippen molar-refractivity contribution in [2.45, 2.75) is 13.1 Å². The topological polar surface area (TPSA) is 66.9 Å². The number of benzene rings is 1. The molecule has 1 aliphatic heterocycles. The van der Waals surface area contributed by atoms with Gasteiger partial charge in [-0.05, 0) is 30.7 Å². The molecule has 1 amide bonds. The number of nitrogens with zero attached hydrogens (tertiary/aromatic N) is 2. The first kappa shape index (κ1) is 14.0. The Balaban J connectivity index is 1.81. The van der Waals surface area contributed by atoms with Crippen LogP contribution >= 0.6 is 11.6 Å². The van der Waals surface area contributed by atoms with Crippen molar-refractivity contribution < 1.29 is 4.79 Å². The van der Waals surface area contributed by atoms with E-state index in [-0.39, 0.29) is 5.91 Å². The third-order valence-electron chi connectivity index (χ3n) is 3.95. The number of carbonyl (C=O) groups excluding carboxylic acids is 1. The summed E-state index contributed by atoms with van der Waals surface area (Å²) in [5.74, 6) is 0.360. The second-order valence-corrected chi connectivity index (χ2v) is 5.82. The quantitative estimate of drug-likeness (QED) is 0.673. The largest absolute Gasteiger partial charge is 0.346 e. The summed E-state index contributed by atoms with van der Waals surface area (Å²) >= 11 is 6.36. The van der Waals surface area contributed by atoms with Gasteiger partial charge in [0.2, 0.25) is 0 Å². The van der Waals surface area contributed by atoms with E-state index in [0.717, 1.165) is 22.0 Å². The number of anilines is 1. The molecule has 0 saturated heterocycles. The zero-order valence-electron chi connectivity index (χ0n) is 12.3. The van der Waals surface area contributed by atoms with Gasteiger partial charge in [-0.2, -0.15) is 0 Å². The molecule has 0 spiro atoms. The van der Waals surface area contributed by atoms with Gasteiger partial charge < -0.3 is 10.6 Å². The van der Waals surface area contributed by atoms with Crippen LogP contribution in [0.15, 0.2) is 42.6 Å². The highest BCUT2D eigenvalue weighted by molar-refractivity contribution is 6.30. The minimum atomic E-state index is -0.463. The van der Waals surface area contributed by atoms with Crippen LogP contribution in [0, 0.1) is 6.92 Å². The number of amides is 1. The number of fused-ring (bicyclic) bond motifs is 2. The molecule has 23 heavy (non-hydrogen) atoms. The molecule has 3 heterocycles. The van der Waals surface area contributed by atoms with E-state index >= 15 is 0 Å². The van der Waals surface area contributed by atoms with Crippen molar-refractivity contribution in [3.05, 3.63) is 64.4 Å². The molecule has 1 aliphatic rings. The van der Waals surface area contributed by atoms with E-state index in [1.54, 1.807) is 18.3 Å². The van der Waals surface area contributed by atoms with Crippen molar-refractivity contribution in [2.24, 2.45) is 0 Å². The average molecular weight is 325 g/mol. The lowest BCUT2D eigenvalue weighted by Gasteiger charge is -2.27. The highest BCUT2D eigenvalue weighted by Gasteiger charge is 2.27. The normalized spacial score (nSPS) is 16.6. The number of nitrogens with one attached hydrogen (secondary N) is 2. The lowest BCUT2D eigenvalue weighted by Crippen LogP contribution is -2.39. The molecule has 0 radical (unpaired) electrons. The van der Waals surface area contributed by atoms with Crippen LogP contribution in [-0.2, 0) is 0 Å². The van der Waals surface area contributed by atoms with Crippen molar-refractivity contribution >= 4 is 34.2 Å². The zero-order valence-corrected chi connectivity index (χ0v) is 13.1. The summed E-state index contributed by atoms with van der Waals surface area (Å²) in [6.45, 7) is 1.99. The molecule has 114 valence electrons. The molecule has 1 atom stereocenters. The van der Waals surface area contributed by atoms with Crippen molar-refractivity contribution in [3.8, 4) is 0 Å². The van der Waals surface area contributed by atoms with Crippen LogP contribution < -0.4 is 10.6 Å². The van der Waals surface area contributed by atoms with Crippen molar-refractivity contribution in [1.82, 2.24) is 15.3 Å². The van der Waals surface area contributed by atoms with Gasteiger partial charge in [-0.15, -0.1) is 0 Å². The van der Waals surface area contributed by atoms with Gasteiger partial charge in [0.25, 0.3) is 5.91 Å². The summed E-state index contributed by atoms with van der Waals surface area (Å²) in [4.78, 5) is 20.9. The molecule has 0 aliphatic carbocycles. The second-order valence-electron chi connectivity index (χ2n) is 5.47. The third-order valence-corrected chi connectivity index (χ3v) is 4.25. The maximum Gasteiger partial charge on any atom is 0.256 e. The molecular formula is C17H13ClN4O. The zero-order chi connectivity index (χ0) is 16.0. The van der Waals surface area contributed by atoms with Crippen LogP contribution in [0.5, 0.6) is 0 Å². The molecule has 0 bridgehead atoms. The molecule has 6 heteroatoms. The fraction of sp³-hybridized carbons (Fsp3) is 0.118. The molecule has 2 N–H and O–H groups in total. The van der Waals surface area contributed by atoms with Gasteiger partial charge in [-0.1, -0.05) is 29.8 Å². The van der Waals surface area contributed by atoms with Gasteiger partial charge in [0.05, 0.1) is 11.1 Å². The van der Waals surface area contributed by atoms with Crippen LogP contribution in [0.4, 0.5) is 5.82 Å². The number of pyridine rings is 2. The third kappa shape index (κ3) is 2.29. The molecular weight excluding hydrogens is 312 g/mol. The van der Waals surface area contributed by atoms with Gasteiger partial charge in [0.1, 0.15) is 17.1 Å². The van der Waals surface area contributed by atoms with Crippen LogP contribution in [0.3, 0.4) is 0 Å². The maximum absolute atomic E-state index is 12.2. The lowest BCUT2D eigenvalue weighted by atomic mass is 10.1. The number of hydrogen-bond donors (Lipinski definition) is 2. The van der Waals surface area contributed by atoms with Gasteiger partial charge in [-0.3, -0.25) is 4.79 Å². The molecule has 3 aromatic rings. The molecule has 1 aromatic carbocycles.